The highest BCUT2D eigenvalue weighted by Gasteiger charge is 2.31. The lowest BCUT2D eigenvalue weighted by Crippen LogP contribution is -2.35. The number of carbonyl (C=O) groups is 1. The van der Waals surface area contributed by atoms with Crippen molar-refractivity contribution in [2.24, 2.45) is 0 Å². The van der Waals surface area contributed by atoms with Crippen molar-refractivity contribution in [3.05, 3.63) is 28.8 Å². The average Bonchev–Trinajstić information content (AvgIpc) is 2.18. The molecule has 2 N–H and O–H groups in total. The largest absolute Gasteiger partial charge is 0.406 e. The average molecular weight is 267 g/mol. The van der Waals surface area contributed by atoms with E-state index < -0.39 is 18.6 Å². The Hall–Kier alpha value is -1.43. The van der Waals surface area contributed by atoms with Crippen LogP contribution in [-0.2, 0) is 0 Å². The fourth-order valence-electron chi connectivity index (χ4n) is 1.25. The number of halogens is 4. The molecule has 0 saturated carbocycles. The zero-order valence-electron chi connectivity index (χ0n) is 8.88. The standard InChI is InChI=1S/C10H10ClF3N2O/c1-16(5-10(12,13)14)9(17)7-4-6(15)2-3-8(7)11/h2-4H,5,15H2,1H3. The summed E-state index contributed by atoms with van der Waals surface area (Å²) in [6.07, 6.45) is -4.45. The molecule has 0 atom stereocenters. The van der Waals surface area contributed by atoms with Gasteiger partial charge in [-0.05, 0) is 18.2 Å². The van der Waals surface area contributed by atoms with E-state index >= 15 is 0 Å². The lowest BCUT2D eigenvalue weighted by atomic mass is 10.2. The number of anilines is 1. The number of amides is 1. The Labute approximate surface area is 101 Å². The van der Waals surface area contributed by atoms with Crippen molar-refractivity contribution in [2.45, 2.75) is 6.18 Å². The molecule has 1 rings (SSSR count). The topological polar surface area (TPSA) is 46.3 Å². The second-order valence-electron chi connectivity index (χ2n) is 3.52. The van der Waals surface area contributed by atoms with E-state index in [2.05, 4.69) is 0 Å². The van der Waals surface area contributed by atoms with E-state index in [0.717, 1.165) is 7.05 Å². The lowest BCUT2D eigenvalue weighted by molar-refractivity contribution is -0.138. The third kappa shape index (κ3) is 3.81. The van der Waals surface area contributed by atoms with E-state index in [9.17, 15) is 18.0 Å². The Morgan fingerprint density at radius 2 is 2.06 bits per heavy atom. The zero-order valence-corrected chi connectivity index (χ0v) is 9.64. The number of benzene rings is 1. The Morgan fingerprint density at radius 1 is 1.47 bits per heavy atom. The SMILES string of the molecule is CN(CC(F)(F)F)C(=O)c1cc(N)ccc1Cl. The maximum absolute atomic E-state index is 12.1. The molecule has 3 nitrogen and oxygen atoms in total. The molecule has 7 heteroatoms. The molecule has 0 fully saturated rings. The number of nitrogen functional groups attached to an aromatic ring is 1. The first-order chi connectivity index (χ1) is 7.70. The van der Waals surface area contributed by atoms with Gasteiger partial charge in [-0.1, -0.05) is 11.6 Å². The van der Waals surface area contributed by atoms with Crippen molar-refractivity contribution in [1.82, 2.24) is 4.90 Å². The van der Waals surface area contributed by atoms with Crippen LogP contribution in [0.1, 0.15) is 10.4 Å². The van der Waals surface area contributed by atoms with Crippen molar-refractivity contribution in [2.75, 3.05) is 19.3 Å². The maximum Gasteiger partial charge on any atom is 0.406 e. The molecule has 1 aromatic rings. The van der Waals surface area contributed by atoms with Gasteiger partial charge >= 0.3 is 6.18 Å². The van der Waals surface area contributed by atoms with Gasteiger partial charge in [0.05, 0.1) is 10.6 Å². The van der Waals surface area contributed by atoms with Crippen molar-refractivity contribution in [3.8, 4) is 0 Å². The van der Waals surface area contributed by atoms with Crippen LogP contribution in [-0.4, -0.2) is 30.6 Å². The third-order valence-corrected chi connectivity index (χ3v) is 2.31. The monoisotopic (exact) mass is 266 g/mol. The number of nitrogens with zero attached hydrogens (tertiary/aromatic N) is 1. The van der Waals surface area contributed by atoms with Crippen molar-refractivity contribution < 1.29 is 18.0 Å². The molecule has 1 amide bonds. The number of hydrogen-bond acceptors (Lipinski definition) is 2. The lowest BCUT2D eigenvalue weighted by Gasteiger charge is -2.19. The molecule has 0 aliphatic rings. The molecule has 0 saturated heterocycles. The van der Waals surface area contributed by atoms with Crippen molar-refractivity contribution >= 4 is 23.2 Å². The highest BCUT2D eigenvalue weighted by Crippen LogP contribution is 2.22. The molecular formula is C10H10ClF3N2O. The Balaban J connectivity index is 2.93. The van der Waals surface area contributed by atoms with Crippen LogP contribution in [0.5, 0.6) is 0 Å². The van der Waals surface area contributed by atoms with E-state index in [-0.39, 0.29) is 16.3 Å². The maximum atomic E-state index is 12.1. The van der Waals surface area contributed by atoms with Crippen LogP contribution < -0.4 is 5.73 Å². The van der Waals surface area contributed by atoms with Crippen LogP contribution in [0.15, 0.2) is 18.2 Å². The molecule has 0 bridgehead atoms. The van der Waals surface area contributed by atoms with Crippen LogP contribution in [0.4, 0.5) is 18.9 Å². The minimum absolute atomic E-state index is 0.0431. The van der Waals surface area contributed by atoms with Gasteiger partial charge in [0.15, 0.2) is 0 Å². The van der Waals surface area contributed by atoms with Gasteiger partial charge in [0.25, 0.3) is 5.91 Å². The fraction of sp³-hybridized carbons (Fsp3) is 0.300. The van der Waals surface area contributed by atoms with E-state index in [4.69, 9.17) is 17.3 Å². The van der Waals surface area contributed by atoms with Crippen LogP contribution >= 0.6 is 11.6 Å². The fourth-order valence-corrected chi connectivity index (χ4v) is 1.45. The summed E-state index contributed by atoms with van der Waals surface area (Å²) in [5, 5.41) is 0.0678. The summed E-state index contributed by atoms with van der Waals surface area (Å²) >= 11 is 5.72. The minimum Gasteiger partial charge on any atom is -0.399 e. The van der Waals surface area contributed by atoms with Gasteiger partial charge in [-0.3, -0.25) is 4.79 Å². The molecular weight excluding hydrogens is 257 g/mol. The van der Waals surface area contributed by atoms with Gasteiger partial charge < -0.3 is 10.6 Å². The summed E-state index contributed by atoms with van der Waals surface area (Å²) in [7, 11) is 1.05. The van der Waals surface area contributed by atoms with Gasteiger partial charge in [-0.15, -0.1) is 0 Å². The Bertz CT molecular complexity index is 434. The van der Waals surface area contributed by atoms with E-state index in [0.29, 0.717) is 4.90 Å². The van der Waals surface area contributed by atoms with E-state index in [1.807, 2.05) is 0 Å². The summed E-state index contributed by atoms with van der Waals surface area (Å²) in [6, 6.07) is 4.08. The first kappa shape index (κ1) is 13.6. The molecule has 0 aromatic heterocycles. The van der Waals surface area contributed by atoms with Crippen LogP contribution in [0, 0.1) is 0 Å². The Kier molecular flexibility index (Phi) is 3.87. The minimum atomic E-state index is -4.45. The molecule has 0 aliphatic heterocycles. The van der Waals surface area contributed by atoms with Crippen LogP contribution in [0.3, 0.4) is 0 Å². The number of alkyl halides is 3. The third-order valence-electron chi connectivity index (χ3n) is 1.98. The molecule has 0 radical (unpaired) electrons. The summed E-state index contributed by atoms with van der Waals surface area (Å²) in [5.41, 5.74) is 5.66. The van der Waals surface area contributed by atoms with Gasteiger partial charge in [-0.25, -0.2) is 0 Å². The van der Waals surface area contributed by atoms with Crippen LogP contribution in [0.2, 0.25) is 5.02 Å². The number of nitrogens with two attached hydrogens (primary N) is 1. The van der Waals surface area contributed by atoms with Crippen LogP contribution in [0.25, 0.3) is 0 Å². The van der Waals surface area contributed by atoms with Gasteiger partial charge in [0.2, 0.25) is 0 Å². The summed E-state index contributed by atoms with van der Waals surface area (Å²) < 4.78 is 36.3. The smallest absolute Gasteiger partial charge is 0.399 e. The van der Waals surface area contributed by atoms with Crippen molar-refractivity contribution in [1.29, 1.82) is 0 Å². The quantitative estimate of drug-likeness (QED) is 0.836. The molecule has 1 aromatic carbocycles. The van der Waals surface area contributed by atoms with E-state index in [1.165, 1.54) is 18.2 Å². The predicted molar refractivity (Wildman–Crippen MR) is 58.9 cm³/mol. The summed E-state index contributed by atoms with van der Waals surface area (Å²) in [6.45, 7) is -1.34. The normalized spacial score (nSPS) is 11.4. The zero-order chi connectivity index (χ0) is 13.2. The molecule has 17 heavy (non-hydrogen) atoms. The predicted octanol–water partition coefficient (Wildman–Crippen LogP) is 2.56. The number of carbonyl (C=O) groups excluding carboxylic acids is 1. The highest BCUT2D eigenvalue weighted by molar-refractivity contribution is 6.33. The van der Waals surface area contributed by atoms with Crippen molar-refractivity contribution in [3.63, 3.8) is 0 Å². The molecule has 0 spiro atoms. The van der Waals surface area contributed by atoms with Gasteiger partial charge in [-0.2, -0.15) is 13.2 Å². The molecule has 0 unspecified atom stereocenters. The first-order valence-corrected chi connectivity index (χ1v) is 4.96. The van der Waals surface area contributed by atoms with E-state index in [1.54, 1.807) is 0 Å². The second-order valence-corrected chi connectivity index (χ2v) is 3.92. The first-order valence-electron chi connectivity index (χ1n) is 4.58. The van der Waals surface area contributed by atoms with Gasteiger partial charge in [0.1, 0.15) is 6.54 Å². The van der Waals surface area contributed by atoms with Gasteiger partial charge in [0, 0.05) is 12.7 Å². The summed E-state index contributed by atoms with van der Waals surface area (Å²) in [4.78, 5) is 12.2. The number of rotatable bonds is 2. The molecule has 0 aliphatic carbocycles. The molecule has 94 valence electrons. The summed E-state index contributed by atoms with van der Waals surface area (Å²) in [5.74, 6) is -0.820. The number of hydrogen-bond donors (Lipinski definition) is 1. The second kappa shape index (κ2) is 4.83. The highest BCUT2D eigenvalue weighted by atomic mass is 35.5. The molecule has 0 heterocycles. The Morgan fingerprint density at radius 3 is 2.59 bits per heavy atom.